The highest BCUT2D eigenvalue weighted by molar-refractivity contribution is 7.06. The van der Waals surface area contributed by atoms with Crippen molar-refractivity contribution in [2.75, 3.05) is 13.3 Å². The van der Waals surface area contributed by atoms with Crippen LogP contribution in [0.1, 0.15) is 34.6 Å². The lowest BCUT2D eigenvalue weighted by atomic mass is 10.0. The van der Waals surface area contributed by atoms with E-state index >= 15 is 0 Å². The van der Waals surface area contributed by atoms with Crippen LogP contribution in [0.25, 0.3) is 11.3 Å². The van der Waals surface area contributed by atoms with Crippen molar-refractivity contribution >= 4 is 17.5 Å². The Bertz CT molecular complexity index is 683. The number of ether oxygens (including phenoxy) is 1. The predicted octanol–water partition coefficient (Wildman–Crippen LogP) is 4.61. The molecule has 2 rings (SSSR count). The Morgan fingerprint density at radius 3 is 2.43 bits per heavy atom. The molecule has 1 heterocycles. The van der Waals surface area contributed by atoms with E-state index in [1.54, 1.807) is 19.1 Å². The number of alkyl halides is 3. The molecule has 0 aliphatic carbocycles. The van der Waals surface area contributed by atoms with Crippen LogP contribution in [0.5, 0.6) is 0 Å². The highest BCUT2D eigenvalue weighted by Crippen LogP contribution is 2.39. The van der Waals surface area contributed by atoms with E-state index in [-0.39, 0.29) is 17.9 Å². The number of benzene rings is 1. The van der Waals surface area contributed by atoms with Crippen molar-refractivity contribution in [3.05, 3.63) is 40.3 Å². The van der Waals surface area contributed by atoms with E-state index in [9.17, 15) is 18.0 Å². The molecule has 7 heteroatoms. The molecule has 1 aromatic carbocycles. The number of aromatic nitrogens is 1. The largest absolute Gasteiger partial charge is 0.462 e. The van der Waals surface area contributed by atoms with Gasteiger partial charge in [0, 0.05) is 5.56 Å². The zero-order valence-corrected chi connectivity index (χ0v) is 13.6. The standard InChI is InChI=1S/C16H16F3NO2S/c1-3-10-5-7-11(8-6-10)13-12(15(21)22-4-2)14(23-20-13)16(18,19)9-17/h5-8H,3-4,9H2,1-2H3. The molecule has 0 saturated carbocycles. The van der Waals surface area contributed by atoms with Crippen LogP contribution in [0, 0.1) is 0 Å². The third-order valence-electron chi connectivity index (χ3n) is 3.31. The molecule has 0 fully saturated rings. The normalized spacial score (nSPS) is 11.5. The second-order valence-electron chi connectivity index (χ2n) is 4.84. The van der Waals surface area contributed by atoms with Crippen LogP contribution in [0.3, 0.4) is 0 Å². The summed E-state index contributed by atoms with van der Waals surface area (Å²) in [6, 6.07) is 7.06. The summed E-state index contributed by atoms with van der Waals surface area (Å²) >= 11 is 0.426. The summed E-state index contributed by atoms with van der Waals surface area (Å²) in [5.74, 6) is -4.68. The lowest BCUT2D eigenvalue weighted by molar-refractivity contribution is -0.0257. The molecule has 0 saturated heterocycles. The molecular formula is C16H16F3NO2S. The Labute approximate surface area is 136 Å². The molecule has 0 unspecified atom stereocenters. The van der Waals surface area contributed by atoms with Crippen molar-refractivity contribution in [2.45, 2.75) is 26.2 Å². The minimum atomic E-state index is -3.76. The first-order valence-electron chi connectivity index (χ1n) is 7.15. The van der Waals surface area contributed by atoms with Crippen LogP contribution in [0.15, 0.2) is 24.3 Å². The van der Waals surface area contributed by atoms with Gasteiger partial charge in [-0.2, -0.15) is 13.2 Å². The molecular weight excluding hydrogens is 327 g/mol. The molecule has 0 spiro atoms. The second kappa shape index (κ2) is 7.12. The number of esters is 1. The third kappa shape index (κ3) is 3.55. The number of rotatable bonds is 6. The molecule has 0 atom stereocenters. The fourth-order valence-corrected chi connectivity index (χ4v) is 2.93. The molecule has 0 N–H and O–H groups in total. The maximum atomic E-state index is 13.8. The highest BCUT2D eigenvalue weighted by Gasteiger charge is 2.40. The number of carbonyl (C=O) groups excluding carboxylic acids is 1. The Kier molecular flexibility index (Phi) is 5.41. The van der Waals surface area contributed by atoms with Crippen LogP contribution in [-0.4, -0.2) is 23.6 Å². The van der Waals surface area contributed by atoms with Gasteiger partial charge in [-0.05, 0) is 30.4 Å². The maximum Gasteiger partial charge on any atom is 0.341 e. The van der Waals surface area contributed by atoms with E-state index in [1.165, 1.54) is 0 Å². The van der Waals surface area contributed by atoms with E-state index < -0.39 is 23.4 Å². The molecule has 0 radical (unpaired) electrons. The van der Waals surface area contributed by atoms with Crippen molar-refractivity contribution < 1.29 is 22.7 Å². The average molecular weight is 343 g/mol. The first-order valence-corrected chi connectivity index (χ1v) is 7.92. The van der Waals surface area contributed by atoms with Gasteiger partial charge in [-0.3, -0.25) is 0 Å². The van der Waals surface area contributed by atoms with Crippen LogP contribution in [-0.2, 0) is 17.1 Å². The van der Waals surface area contributed by atoms with E-state index in [0.717, 1.165) is 12.0 Å². The Balaban J connectivity index is 2.56. The summed E-state index contributed by atoms with van der Waals surface area (Å²) in [4.78, 5) is 11.4. The van der Waals surface area contributed by atoms with Crippen molar-refractivity contribution in [3.8, 4) is 11.3 Å². The lowest BCUT2D eigenvalue weighted by Gasteiger charge is -2.12. The number of halogens is 3. The number of carbonyl (C=O) groups is 1. The molecule has 23 heavy (non-hydrogen) atoms. The van der Waals surface area contributed by atoms with Gasteiger partial charge in [0.15, 0.2) is 6.67 Å². The van der Waals surface area contributed by atoms with Gasteiger partial charge >= 0.3 is 11.9 Å². The third-order valence-corrected chi connectivity index (χ3v) is 4.27. The SMILES string of the molecule is CCOC(=O)c1c(-c2ccc(CC)cc2)nsc1C(F)(F)CF. The van der Waals surface area contributed by atoms with Crippen LogP contribution in [0.2, 0.25) is 0 Å². The maximum absolute atomic E-state index is 13.8. The zero-order valence-electron chi connectivity index (χ0n) is 12.7. The molecule has 0 amide bonds. The molecule has 3 nitrogen and oxygen atoms in total. The van der Waals surface area contributed by atoms with Gasteiger partial charge in [0.25, 0.3) is 0 Å². The molecule has 0 bridgehead atoms. The molecule has 1 aromatic heterocycles. The first kappa shape index (κ1) is 17.5. The van der Waals surface area contributed by atoms with Gasteiger partial charge in [-0.15, -0.1) is 0 Å². The summed E-state index contributed by atoms with van der Waals surface area (Å²) in [6.07, 6.45) is 0.827. The average Bonchev–Trinajstić information content (AvgIpc) is 3.01. The van der Waals surface area contributed by atoms with Gasteiger partial charge in [-0.1, -0.05) is 31.2 Å². The smallest absolute Gasteiger partial charge is 0.341 e. The monoisotopic (exact) mass is 343 g/mol. The molecule has 0 aliphatic rings. The van der Waals surface area contributed by atoms with Crippen molar-refractivity contribution in [1.29, 1.82) is 0 Å². The van der Waals surface area contributed by atoms with Gasteiger partial charge in [-0.25, -0.2) is 9.18 Å². The minimum absolute atomic E-state index is 0.0313. The van der Waals surface area contributed by atoms with E-state index in [4.69, 9.17) is 4.74 Å². The molecule has 0 aliphatic heterocycles. The first-order chi connectivity index (χ1) is 10.9. The topological polar surface area (TPSA) is 39.2 Å². The Morgan fingerprint density at radius 1 is 1.26 bits per heavy atom. The number of aryl methyl sites for hydroxylation is 1. The van der Waals surface area contributed by atoms with E-state index in [1.807, 2.05) is 19.1 Å². The fourth-order valence-electron chi connectivity index (χ4n) is 2.09. The summed E-state index contributed by atoms with van der Waals surface area (Å²) in [5.41, 5.74) is 1.32. The zero-order chi connectivity index (χ0) is 17.0. The van der Waals surface area contributed by atoms with E-state index in [0.29, 0.717) is 17.1 Å². The fraction of sp³-hybridized carbons (Fsp3) is 0.375. The highest BCUT2D eigenvalue weighted by atomic mass is 32.1. The molecule has 124 valence electrons. The predicted molar refractivity (Wildman–Crippen MR) is 82.8 cm³/mol. The van der Waals surface area contributed by atoms with Crippen molar-refractivity contribution in [1.82, 2.24) is 4.37 Å². The Hall–Kier alpha value is -1.89. The summed E-state index contributed by atoms with van der Waals surface area (Å²) in [5, 5.41) is 0. The van der Waals surface area contributed by atoms with Crippen molar-refractivity contribution in [2.24, 2.45) is 0 Å². The number of hydrogen-bond acceptors (Lipinski definition) is 4. The van der Waals surface area contributed by atoms with Crippen LogP contribution >= 0.6 is 11.5 Å². The lowest BCUT2D eigenvalue weighted by Crippen LogP contribution is -2.19. The van der Waals surface area contributed by atoms with E-state index in [2.05, 4.69) is 4.37 Å². The second-order valence-corrected chi connectivity index (χ2v) is 5.62. The van der Waals surface area contributed by atoms with Gasteiger partial charge in [0.05, 0.1) is 12.3 Å². The van der Waals surface area contributed by atoms with Crippen LogP contribution < -0.4 is 0 Å². The molecule has 2 aromatic rings. The quantitative estimate of drug-likeness (QED) is 0.719. The van der Waals surface area contributed by atoms with Gasteiger partial charge in [0.1, 0.15) is 10.4 Å². The van der Waals surface area contributed by atoms with Crippen molar-refractivity contribution in [3.63, 3.8) is 0 Å². The van der Waals surface area contributed by atoms with Crippen LogP contribution in [0.4, 0.5) is 13.2 Å². The summed E-state index contributed by atoms with van der Waals surface area (Å²) < 4.78 is 49.0. The number of nitrogens with zero attached hydrogens (tertiary/aromatic N) is 1. The number of hydrogen-bond donors (Lipinski definition) is 0. The minimum Gasteiger partial charge on any atom is -0.462 e. The summed E-state index contributed by atoms with van der Waals surface area (Å²) in [6.45, 7) is 1.70. The Morgan fingerprint density at radius 2 is 1.91 bits per heavy atom. The summed E-state index contributed by atoms with van der Waals surface area (Å²) in [7, 11) is 0. The van der Waals surface area contributed by atoms with Gasteiger partial charge in [0.2, 0.25) is 0 Å². The van der Waals surface area contributed by atoms with Gasteiger partial charge < -0.3 is 4.74 Å².